The highest BCUT2D eigenvalue weighted by Gasteiger charge is 2.39. The molecule has 2 heterocycles. The summed E-state index contributed by atoms with van der Waals surface area (Å²) < 4.78 is 37.8. The Morgan fingerprint density at radius 3 is 2.68 bits per heavy atom. The zero-order valence-electron chi connectivity index (χ0n) is 18.2. The molecule has 1 atom stereocenters. The van der Waals surface area contributed by atoms with Crippen molar-refractivity contribution in [1.82, 2.24) is 4.90 Å². The van der Waals surface area contributed by atoms with E-state index in [0.717, 1.165) is 23.9 Å². The quantitative estimate of drug-likeness (QED) is 0.479. The van der Waals surface area contributed by atoms with Crippen molar-refractivity contribution in [1.29, 1.82) is 0 Å². The van der Waals surface area contributed by atoms with Crippen molar-refractivity contribution in [2.45, 2.75) is 25.1 Å². The van der Waals surface area contributed by atoms with Gasteiger partial charge in [-0.3, -0.25) is 14.5 Å². The minimum atomic E-state index is -0.893. The number of carbonyl (C=O) groups excluding carboxylic acids is 2. The zero-order chi connectivity index (χ0) is 24.1. The molecule has 7 nitrogen and oxygen atoms in total. The monoisotopic (exact) mass is 485 g/mol. The molecule has 4 rings (SSSR count). The number of nitrogens with one attached hydrogen (secondary N) is 1. The highest BCUT2D eigenvalue weighted by Crippen LogP contribution is 2.33. The van der Waals surface area contributed by atoms with Gasteiger partial charge in [0.15, 0.2) is 5.17 Å². The standard InChI is InChI=1S/C24H21F2N3O4S/c1-2-32-17-8-6-16(7-9-17)27-24-29(14-18-4-3-11-33-18)23(31)21(34-24)13-22(30)28-20-10-5-15(25)12-19(20)26/h3-12,21H,2,13-14H2,1H3,(H,28,30). The Morgan fingerprint density at radius 2 is 2.00 bits per heavy atom. The molecule has 1 aliphatic heterocycles. The third-order valence-electron chi connectivity index (χ3n) is 4.86. The molecule has 176 valence electrons. The van der Waals surface area contributed by atoms with Crippen LogP contribution in [0.2, 0.25) is 0 Å². The summed E-state index contributed by atoms with van der Waals surface area (Å²) in [5.41, 5.74) is 0.458. The van der Waals surface area contributed by atoms with Crippen LogP contribution < -0.4 is 10.1 Å². The molecule has 1 saturated heterocycles. The van der Waals surface area contributed by atoms with Crippen LogP contribution in [0.4, 0.5) is 20.2 Å². The number of carbonyl (C=O) groups is 2. The lowest BCUT2D eigenvalue weighted by atomic mass is 10.2. The first-order valence-corrected chi connectivity index (χ1v) is 11.4. The number of benzene rings is 2. The first-order valence-electron chi connectivity index (χ1n) is 10.5. The molecule has 10 heteroatoms. The largest absolute Gasteiger partial charge is 0.494 e. The number of rotatable bonds is 8. The minimum absolute atomic E-state index is 0.152. The molecular weight excluding hydrogens is 464 g/mol. The lowest BCUT2D eigenvalue weighted by Crippen LogP contribution is -2.33. The van der Waals surface area contributed by atoms with Crippen molar-refractivity contribution in [2.75, 3.05) is 11.9 Å². The predicted molar refractivity (Wildman–Crippen MR) is 125 cm³/mol. The maximum Gasteiger partial charge on any atom is 0.243 e. The van der Waals surface area contributed by atoms with E-state index in [9.17, 15) is 18.4 Å². The summed E-state index contributed by atoms with van der Waals surface area (Å²) in [5.74, 6) is -1.27. The summed E-state index contributed by atoms with van der Waals surface area (Å²) in [7, 11) is 0. The zero-order valence-corrected chi connectivity index (χ0v) is 19.0. The van der Waals surface area contributed by atoms with E-state index in [1.165, 1.54) is 11.2 Å². The highest BCUT2D eigenvalue weighted by atomic mass is 32.2. The molecule has 34 heavy (non-hydrogen) atoms. The smallest absolute Gasteiger partial charge is 0.243 e. The van der Waals surface area contributed by atoms with Crippen LogP contribution >= 0.6 is 11.8 Å². The Hall–Kier alpha value is -3.66. The molecule has 2 aromatic carbocycles. The van der Waals surface area contributed by atoms with Gasteiger partial charge in [-0.1, -0.05) is 11.8 Å². The molecule has 0 bridgehead atoms. The van der Waals surface area contributed by atoms with Gasteiger partial charge in [-0.2, -0.15) is 0 Å². The second-order valence-corrected chi connectivity index (χ2v) is 8.48. The van der Waals surface area contributed by atoms with Crippen LogP contribution in [0.15, 0.2) is 70.3 Å². The number of aliphatic imine (C=N–C) groups is 1. The van der Waals surface area contributed by atoms with E-state index in [1.54, 1.807) is 36.4 Å². The summed E-state index contributed by atoms with van der Waals surface area (Å²) in [6, 6.07) is 13.4. The van der Waals surface area contributed by atoms with Crippen LogP contribution in [-0.4, -0.2) is 33.7 Å². The molecular formula is C24H21F2N3O4S. The molecule has 1 fully saturated rings. The molecule has 1 aromatic heterocycles. The van der Waals surface area contributed by atoms with E-state index < -0.39 is 22.8 Å². The third kappa shape index (κ3) is 5.63. The van der Waals surface area contributed by atoms with Gasteiger partial charge in [0.1, 0.15) is 28.4 Å². The second kappa shape index (κ2) is 10.5. The van der Waals surface area contributed by atoms with Gasteiger partial charge in [-0.05, 0) is 55.5 Å². The van der Waals surface area contributed by atoms with Gasteiger partial charge in [0.2, 0.25) is 11.8 Å². The normalized spacial score (nSPS) is 16.8. The van der Waals surface area contributed by atoms with Crippen molar-refractivity contribution < 1.29 is 27.5 Å². The molecule has 3 aromatic rings. The van der Waals surface area contributed by atoms with Gasteiger partial charge in [0.25, 0.3) is 0 Å². The van der Waals surface area contributed by atoms with Crippen LogP contribution in [-0.2, 0) is 16.1 Å². The predicted octanol–water partition coefficient (Wildman–Crippen LogP) is 5.12. The second-order valence-electron chi connectivity index (χ2n) is 7.31. The van der Waals surface area contributed by atoms with Crippen LogP contribution in [0.5, 0.6) is 5.75 Å². The first kappa shape index (κ1) is 23.5. The molecule has 1 aliphatic rings. The first-order chi connectivity index (χ1) is 16.4. The van der Waals surface area contributed by atoms with E-state index in [2.05, 4.69) is 10.3 Å². The van der Waals surface area contributed by atoms with Crippen LogP contribution in [0, 0.1) is 11.6 Å². The maximum absolute atomic E-state index is 13.9. The molecule has 2 amide bonds. The summed E-state index contributed by atoms with van der Waals surface area (Å²) >= 11 is 1.14. The molecule has 0 saturated carbocycles. The molecule has 1 unspecified atom stereocenters. The Balaban J connectivity index is 1.52. The van der Waals surface area contributed by atoms with Gasteiger partial charge in [0.05, 0.1) is 30.8 Å². The van der Waals surface area contributed by atoms with Gasteiger partial charge < -0.3 is 14.5 Å². The van der Waals surface area contributed by atoms with Crippen molar-refractivity contribution in [2.24, 2.45) is 4.99 Å². The number of anilines is 1. The molecule has 0 spiro atoms. The number of hydrogen-bond donors (Lipinski definition) is 1. The van der Waals surface area contributed by atoms with Gasteiger partial charge in [0, 0.05) is 12.5 Å². The summed E-state index contributed by atoms with van der Waals surface area (Å²) in [4.78, 5) is 31.7. The Bertz CT molecular complexity index is 1200. The Morgan fingerprint density at radius 1 is 1.21 bits per heavy atom. The van der Waals surface area contributed by atoms with Crippen molar-refractivity contribution >= 4 is 40.1 Å². The van der Waals surface area contributed by atoms with E-state index in [4.69, 9.17) is 9.15 Å². The van der Waals surface area contributed by atoms with Crippen molar-refractivity contribution in [3.8, 4) is 5.75 Å². The minimum Gasteiger partial charge on any atom is -0.494 e. The Kier molecular flexibility index (Phi) is 7.27. The fraction of sp³-hybridized carbons (Fsp3) is 0.208. The highest BCUT2D eigenvalue weighted by molar-refractivity contribution is 8.15. The van der Waals surface area contributed by atoms with Gasteiger partial charge in [-0.15, -0.1) is 0 Å². The van der Waals surface area contributed by atoms with Gasteiger partial charge in [-0.25, -0.2) is 13.8 Å². The lowest BCUT2D eigenvalue weighted by Gasteiger charge is -2.15. The number of ether oxygens (including phenoxy) is 1. The van der Waals surface area contributed by atoms with Crippen LogP contribution in [0.3, 0.4) is 0 Å². The number of thioether (sulfide) groups is 1. The number of hydrogen-bond acceptors (Lipinski definition) is 6. The Labute approximate surface area is 198 Å². The van der Waals surface area contributed by atoms with E-state index in [-0.39, 0.29) is 24.6 Å². The van der Waals surface area contributed by atoms with Crippen LogP contribution in [0.25, 0.3) is 0 Å². The summed E-state index contributed by atoms with van der Waals surface area (Å²) in [5, 5.41) is 2.04. The molecule has 0 aliphatic carbocycles. The van der Waals surface area contributed by atoms with E-state index in [0.29, 0.717) is 35.0 Å². The third-order valence-corrected chi connectivity index (χ3v) is 6.04. The molecule has 0 radical (unpaired) electrons. The number of amidine groups is 1. The van der Waals surface area contributed by atoms with Crippen molar-refractivity contribution in [3.63, 3.8) is 0 Å². The summed E-state index contributed by atoms with van der Waals surface area (Å²) in [6.07, 6.45) is 1.30. The van der Waals surface area contributed by atoms with Crippen molar-refractivity contribution in [3.05, 3.63) is 78.3 Å². The fourth-order valence-electron chi connectivity index (χ4n) is 3.28. The van der Waals surface area contributed by atoms with Gasteiger partial charge >= 0.3 is 0 Å². The average molecular weight is 486 g/mol. The lowest BCUT2D eigenvalue weighted by molar-refractivity contribution is -0.128. The average Bonchev–Trinajstić information content (AvgIpc) is 3.42. The number of furan rings is 1. The number of nitrogens with zero attached hydrogens (tertiary/aromatic N) is 2. The fourth-order valence-corrected chi connectivity index (χ4v) is 4.44. The van der Waals surface area contributed by atoms with E-state index >= 15 is 0 Å². The topological polar surface area (TPSA) is 84.1 Å². The number of halogens is 2. The summed E-state index contributed by atoms with van der Waals surface area (Å²) in [6.45, 7) is 2.59. The van der Waals surface area contributed by atoms with E-state index in [1.807, 2.05) is 6.92 Å². The molecule has 1 N–H and O–H groups in total. The van der Waals surface area contributed by atoms with Crippen LogP contribution in [0.1, 0.15) is 19.1 Å². The maximum atomic E-state index is 13.9. The SMILES string of the molecule is CCOc1ccc(N=C2SC(CC(=O)Nc3ccc(F)cc3F)C(=O)N2Cc2ccco2)cc1. The number of amides is 2.